The summed E-state index contributed by atoms with van der Waals surface area (Å²) in [6, 6.07) is 3.25. The molecule has 0 aliphatic carbocycles. The minimum atomic E-state index is 0.477. The highest BCUT2D eigenvalue weighted by Crippen LogP contribution is 2.25. The van der Waals surface area contributed by atoms with Crippen LogP contribution in [0, 0.1) is 0 Å². The van der Waals surface area contributed by atoms with E-state index in [1.165, 1.54) is 31.5 Å². The molecule has 0 aromatic carbocycles. The van der Waals surface area contributed by atoms with Gasteiger partial charge >= 0.3 is 0 Å². The lowest BCUT2D eigenvalue weighted by Gasteiger charge is -2.36. The fourth-order valence-electron chi connectivity index (χ4n) is 2.79. The quantitative estimate of drug-likeness (QED) is 0.880. The van der Waals surface area contributed by atoms with E-state index in [1.54, 1.807) is 0 Å². The van der Waals surface area contributed by atoms with Gasteiger partial charge in [-0.1, -0.05) is 13.8 Å². The van der Waals surface area contributed by atoms with E-state index >= 15 is 0 Å². The van der Waals surface area contributed by atoms with E-state index < -0.39 is 0 Å². The van der Waals surface area contributed by atoms with Crippen molar-refractivity contribution < 1.29 is 0 Å². The molecule has 0 unspecified atom stereocenters. The number of pyridine rings is 1. The summed E-state index contributed by atoms with van der Waals surface area (Å²) in [4.78, 5) is 9.45. The van der Waals surface area contributed by atoms with Crippen molar-refractivity contribution in [1.29, 1.82) is 0 Å². The van der Waals surface area contributed by atoms with Crippen molar-refractivity contribution in [3.05, 3.63) is 22.3 Å². The summed E-state index contributed by atoms with van der Waals surface area (Å²) < 4.78 is 1.04. The van der Waals surface area contributed by atoms with Crippen LogP contribution in [0.15, 0.2) is 16.7 Å². The summed E-state index contributed by atoms with van der Waals surface area (Å²) in [5.74, 6) is 1.11. The predicted octanol–water partition coefficient (Wildman–Crippen LogP) is 2.87. The molecule has 0 saturated carbocycles. The lowest BCUT2D eigenvalue weighted by atomic mass is 10.0. The van der Waals surface area contributed by atoms with Crippen molar-refractivity contribution in [1.82, 2.24) is 15.2 Å². The van der Waals surface area contributed by atoms with Crippen LogP contribution in [0.1, 0.15) is 32.3 Å². The predicted molar refractivity (Wildman–Crippen MR) is 92.8 cm³/mol. The van der Waals surface area contributed by atoms with Crippen LogP contribution < -0.4 is 10.2 Å². The summed E-state index contributed by atoms with van der Waals surface area (Å²) in [7, 11) is 4.39. The van der Waals surface area contributed by atoms with E-state index in [1.807, 2.05) is 6.20 Å². The van der Waals surface area contributed by atoms with E-state index in [4.69, 9.17) is 0 Å². The van der Waals surface area contributed by atoms with Gasteiger partial charge in [-0.05, 0) is 55.0 Å². The van der Waals surface area contributed by atoms with Gasteiger partial charge < -0.3 is 15.1 Å². The van der Waals surface area contributed by atoms with E-state index in [-0.39, 0.29) is 0 Å². The number of piperidine rings is 1. The highest BCUT2D eigenvalue weighted by Gasteiger charge is 2.23. The molecule has 0 spiro atoms. The maximum absolute atomic E-state index is 4.68. The van der Waals surface area contributed by atoms with Gasteiger partial charge in [-0.25, -0.2) is 4.98 Å². The first kappa shape index (κ1) is 16.7. The average Bonchev–Trinajstić information content (AvgIpc) is 2.45. The van der Waals surface area contributed by atoms with Gasteiger partial charge in [-0.15, -0.1) is 0 Å². The van der Waals surface area contributed by atoms with E-state index in [0.29, 0.717) is 12.1 Å². The fourth-order valence-corrected chi connectivity index (χ4v) is 3.17. The van der Waals surface area contributed by atoms with Crippen LogP contribution in [0.5, 0.6) is 0 Å². The number of aromatic nitrogens is 1. The maximum Gasteiger partial charge on any atom is 0.133 e. The highest BCUT2D eigenvalue weighted by molar-refractivity contribution is 9.10. The van der Waals surface area contributed by atoms with Gasteiger partial charge in [0.15, 0.2) is 0 Å². The molecule has 118 valence electrons. The van der Waals surface area contributed by atoms with Crippen LogP contribution >= 0.6 is 15.9 Å². The molecule has 0 amide bonds. The van der Waals surface area contributed by atoms with Crippen LogP contribution in [-0.2, 0) is 6.54 Å². The number of halogens is 1. The maximum atomic E-state index is 4.68. The molecule has 2 heterocycles. The molecule has 0 radical (unpaired) electrons. The zero-order valence-corrected chi connectivity index (χ0v) is 15.2. The number of nitrogens with one attached hydrogen (secondary N) is 1. The normalized spacial score (nSPS) is 17.4. The second-order valence-corrected chi connectivity index (χ2v) is 7.23. The Bertz CT molecular complexity index is 456. The smallest absolute Gasteiger partial charge is 0.133 e. The van der Waals surface area contributed by atoms with Gasteiger partial charge in [0.05, 0.1) is 0 Å². The third-order valence-electron chi connectivity index (χ3n) is 4.18. The first-order valence-electron chi connectivity index (χ1n) is 7.76. The number of rotatable bonds is 5. The average molecular weight is 355 g/mol. The zero-order valence-electron chi connectivity index (χ0n) is 13.6. The third-order valence-corrected chi connectivity index (χ3v) is 4.61. The molecule has 0 atom stereocenters. The van der Waals surface area contributed by atoms with E-state index in [2.05, 4.69) is 70.0 Å². The SMILES string of the molecule is CC(C)NCc1cc(Br)cnc1N(C)C1CCN(C)CC1. The van der Waals surface area contributed by atoms with Crippen molar-refractivity contribution in [2.75, 3.05) is 32.1 Å². The first-order valence-corrected chi connectivity index (χ1v) is 8.56. The van der Waals surface area contributed by atoms with Crippen LogP contribution in [0.4, 0.5) is 5.82 Å². The van der Waals surface area contributed by atoms with E-state index in [0.717, 1.165) is 16.8 Å². The summed E-state index contributed by atoms with van der Waals surface area (Å²) in [5.41, 5.74) is 1.26. The van der Waals surface area contributed by atoms with Gasteiger partial charge in [-0.3, -0.25) is 0 Å². The molecule has 1 N–H and O–H groups in total. The number of hydrogen-bond donors (Lipinski definition) is 1. The molecule has 1 saturated heterocycles. The molecule has 1 aromatic heterocycles. The largest absolute Gasteiger partial charge is 0.356 e. The number of nitrogens with zero attached hydrogens (tertiary/aromatic N) is 3. The topological polar surface area (TPSA) is 31.4 Å². The summed E-state index contributed by atoms with van der Waals surface area (Å²) in [6.07, 6.45) is 4.32. The van der Waals surface area contributed by atoms with Crippen molar-refractivity contribution >= 4 is 21.7 Å². The Kier molecular flexibility index (Phi) is 6.02. The molecule has 1 aromatic rings. The van der Waals surface area contributed by atoms with Crippen molar-refractivity contribution in [2.45, 2.75) is 45.3 Å². The number of anilines is 1. The molecular weight excluding hydrogens is 328 g/mol. The lowest BCUT2D eigenvalue weighted by molar-refractivity contribution is 0.252. The Labute approximate surface area is 137 Å². The van der Waals surface area contributed by atoms with Gasteiger partial charge in [0.2, 0.25) is 0 Å². The molecule has 1 aliphatic rings. The van der Waals surface area contributed by atoms with Crippen LogP contribution in [0.2, 0.25) is 0 Å². The van der Waals surface area contributed by atoms with Crippen molar-refractivity contribution in [3.63, 3.8) is 0 Å². The van der Waals surface area contributed by atoms with E-state index in [9.17, 15) is 0 Å². The summed E-state index contributed by atoms with van der Waals surface area (Å²) >= 11 is 3.54. The van der Waals surface area contributed by atoms with Gasteiger partial charge in [0, 0.05) is 41.9 Å². The van der Waals surface area contributed by atoms with Crippen molar-refractivity contribution in [3.8, 4) is 0 Å². The summed E-state index contributed by atoms with van der Waals surface area (Å²) in [5, 5.41) is 3.50. The molecule has 0 bridgehead atoms. The molecule has 21 heavy (non-hydrogen) atoms. The first-order chi connectivity index (χ1) is 9.97. The highest BCUT2D eigenvalue weighted by atomic mass is 79.9. The molecule has 4 nitrogen and oxygen atoms in total. The van der Waals surface area contributed by atoms with Crippen LogP contribution in [-0.4, -0.2) is 49.2 Å². The fraction of sp³-hybridized carbons (Fsp3) is 0.688. The Morgan fingerprint density at radius 1 is 1.43 bits per heavy atom. The Morgan fingerprint density at radius 2 is 2.10 bits per heavy atom. The molecular formula is C16H27BrN4. The molecule has 5 heteroatoms. The number of hydrogen-bond acceptors (Lipinski definition) is 4. The molecule has 1 aliphatic heterocycles. The lowest BCUT2D eigenvalue weighted by Crippen LogP contribution is -2.42. The standard InChI is InChI=1S/C16H27BrN4/c1-12(2)18-10-13-9-14(17)11-19-16(13)21(4)15-5-7-20(3)8-6-15/h9,11-12,15,18H,5-8,10H2,1-4H3. The zero-order chi connectivity index (χ0) is 15.4. The summed E-state index contributed by atoms with van der Waals surface area (Å²) in [6.45, 7) is 7.55. The Balaban J connectivity index is 2.13. The monoisotopic (exact) mass is 354 g/mol. The second kappa shape index (κ2) is 7.56. The minimum Gasteiger partial charge on any atom is -0.356 e. The van der Waals surface area contributed by atoms with Crippen LogP contribution in [0.25, 0.3) is 0 Å². The Morgan fingerprint density at radius 3 is 2.71 bits per heavy atom. The Hall–Kier alpha value is -0.650. The minimum absolute atomic E-state index is 0.477. The number of likely N-dealkylation sites (tertiary alicyclic amines) is 1. The third kappa shape index (κ3) is 4.66. The van der Waals surface area contributed by atoms with Gasteiger partial charge in [0.1, 0.15) is 5.82 Å². The molecule has 1 fully saturated rings. The second-order valence-electron chi connectivity index (χ2n) is 6.32. The van der Waals surface area contributed by atoms with Crippen molar-refractivity contribution in [2.24, 2.45) is 0 Å². The van der Waals surface area contributed by atoms with Gasteiger partial charge in [0.25, 0.3) is 0 Å². The van der Waals surface area contributed by atoms with Gasteiger partial charge in [-0.2, -0.15) is 0 Å². The molecule has 2 rings (SSSR count). The van der Waals surface area contributed by atoms with Crippen LogP contribution in [0.3, 0.4) is 0 Å².